The summed E-state index contributed by atoms with van der Waals surface area (Å²) in [5, 5.41) is 0. The Bertz CT molecular complexity index is 316. The van der Waals surface area contributed by atoms with Gasteiger partial charge in [-0.05, 0) is 0 Å². The van der Waals surface area contributed by atoms with Gasteiger partial charge < -0.3 is 4.74 Å². The monoisotopic (exact) mass is 206 g/mol. The summed E-state index contributed by atoms with van der Waals surface area (Å²) >= 11 is 0. The summed E-state index contributed by atoms with van der Waals surface area (Å²) in [5.41, 5.74) is 0. The summed E-state index contributed by atoms with van der Waals surface area (Å²) < 4.78 is 28.8. The average molecular weight is 206 g/mol. The van der Waals surface area contributed by atoms with Crippen LogP contribution in [0.15, 0.2) is 0 Å². The van der Waals surface area contributed by atoms with Crippen LogP contribution >= 0.6 is 0 Å². The highest BCUT2D eigenvalue weighted by Gasteiger charge is 2.19. The normalized spacial score (nSPS) is 10.6. The molecule has 0 aliphatic carbocycles. The number of amides is 1. The number of hydrogen-bond acceptors (Lipinski definition) is 4. The van der Waals surface area contributed by atoms with Crippen molar-refractivity contribution in [3.05, 3.63) is 0 Å². The molecular formula is C6H10N2O4S. The summed E-state index contributed by atoms with van der Waals surface area (Å²) in [6.07, 6.45) is 3.84. The van der Waals surface area contributed by atoms with Gasteiger partial charge in [-0.3, -0.25) is 0 Å². The zero-order chi connectivity index (χ0) is 10.5. The van der Waals surface area contributed by atoms with E-state index >= 15 is 0 Å². The number of nitrogens with one attached hydrogen (secondary N) is 1. The molecule has 0 aromatic heterocycles. The zero-order valence-corrected chi connectivity index (χ0v) is 8.09. The number of terminal acetylenes is 1. The third-order valence-electron chi connectivity index (χ3n) is 1.12. The van der Waals surface area contributed by atoms with Crippen molar-refractivity contribution in [3.63, 3.8) is 0 Å². The second-order valence-corrected chi connectivity index (χ2v) is 3.84. The molecule has 0 spiro atoms. The third-order valence-corrected chi connectivity index (χ3v) is 2.50. The van der Waals surface area contributed by atoms with Gasteiger partial charge in [-0.15, -0.1) is 6.42 Å². The van der Waals surface area contributed by atoms with Crippen LogP contribution in [-0.2, 0) is 14.9 Å². The molecule has 0 aliphatic heterocycles. The highest BCUT2D eigenvalue weighted by Crippen LogP contribution is 1.92. The second kappa shape index (κ2) is 4.69. The maximum atomic E-state index is 11.1. The minimum absolute atomic E-state index is 0.119. The maximum absolute atomic E-state index is 11.1. The van der Waals surface area contributed by atoms with Gasteiger partial charge in [0.15, 0.2) is 0 Å². The highest BCUT2D eigenvalue weighted by atomic mass is 32.2. The quantitative estimate of drug-likeness (QED) is 0.610. The summed E-state index contributed by atoms with van der Waals surface area (Å²) in [6, 6.07) is 0. The van der Waals surface area contributed by atoms with Crippen LogP contribution in [0.1, 0.15) is 0 Å². The number of hydrogen-bond donors (Lipinski definition) is 1. The molecule has 6 nitrogen and oxygen atoms in total. The Morgan fingerprint density at radius 2 is 2.23 bits per heavy atom. The van der Waals surface area contributed by atoms with E-state index in [1.54, 1.807) is 4.72 Å². The van der Waals surface area contributed by atoms with Crippen molar-refractivity contribution in [2.45, 2.75) is 0 Å². The molecule has 0 saturated heterocycles. The number of carbonyl (C=O) groups is 1. The van der Waals surface area contributed by atoms with E-state index in [9.17, 15) is 13.2 Å². The van der Waals surface area contributed by atoms with Gasteiger partial charge >= 0.3 is 16.3 Å². The van der Waals surface area contributed by atoms with E-state index in [1.165, 1.54) is 7.05 Å². The van der Waals surface area contributed by atoms with Crippen molar-refractivity contribution in [3.8, 4) is 12.3 Å². The summed E-state index contributed by atoms with van der Waals surface area (Å²) in [6.45, 7) is -0.119. The lowest BCUT2D eigenvalue weighted by Crippen LogP contribution is -2.41. The topological polar surface area (TPSA) is 75.7 Å². The van der Waals surface area contributed by atoms with Gasteiger partial charge in [-0.25, -0.2) is 9.52 Å². The van der Waals surface area contributed by atoms with E-state index < -0.39 is 16.3 Å². The van der Waals surface area contributed by atoms with E-state index in [0.717, 1.165) is 11.4 Å². The van der Waals surface area contributed by atoms with Crippen LogP contribution in [0.3, 0.4) is 0 Å². The number of nitrogens with zero attached hydrogens (tertiary/aromatic N) is 1. The number of methoxy groups -OCH3 is 1. The highest BCUT2D eigenvalue weighted by molar-refractivity contribution is 7.87. The third kappa shape index (κ3) is 3.78. The molecule has 0 aromatic carbocycles. The molecule has 13 heavy (non-hydrogen) atoms. The molecule has 0 bridgehead atoms. The fourth-order valence-electron chi connectivity index (χ4n) is 0.438. The Hall–Kier alpha value is -1.26. The van der Waals surface area contributed by atoms with Crippen molar-refractivity contribution >= 4 is 16.3 Å². The summed E-state index contributed by atoms with van der Waals surface area (Å²) in [7, 11) is -1.56. The first-order valence-corrected chi connectivity index (χ1v) is 4.63. The molecule has 0 radical (unpaired) electrons. The first-order chi connectivity index (χ1) is 5.94. The Kier molecular flexibility index (Phi) is 4.23. The molecular weight excluding hydrogens is 196 g/mol. The van der Waals surface area contributed by atoms with Gasteiger partial charge in [0, 0.05) is 7.05 Å². The predicted octanol–water partition coefficient (Wildman–Crippen LogP) is -0.848. The van der Waals surface area contributed by atoms with Gasteiger partial charge in [0.1, 0.15) is 0 Å². The van der Waals surface area contributed by atoms with Gasteiger partial charge in [-0.2, -0.15) is 12.7 Å². The van der Waals surface area contributed by atoms with Gasteiger partial charge in [0.05, 0.1) is 13.7 Å². The van der Waals surface area contributed by atoms with Crippen molar-refractivity contribution in [1.29, 1.82) is 0 Å². The van der Waals surface area contributed by atoms with E-state index in [0.29, 0.717) is 0 Å². The molecule has 0 saturated carbocycles. The van der Waals surface area contributed by atoms with Crippen LogP contribution in [0, 0.1) is 12.3 Å². The van der Waals surface area contributed by atoms with Gasteiger partial charge in [-0.1, -0.05) is 5.92 Å². The van der Waals surface area contributed by atoms with Crippen LogP contribution < -0.4 is 4.72 Å². The van der Waals surface area contributed by atoms with Gasteiger partial charge in [0.25, 0.3) is 0 Å². The Morgan fingerprint density at radius 1 is 1.69 bits per heavy atom. The number of ether oxygens (including phenoxy) is 1. The lowest BCUT2D eigenvalue weighted by atomic mass is 10.7. The second-order valence-electron chi connectivity index (χ2n) is 2.06. The van der Waals surface area contributed by atoms with Crippen LogP contribution in [0.2, 0.25) is 0 Å². The minimum Gasteiger partial charge on any atom is -0.452 e. The fourth-order valence-corrected chi connectivity index (χ4v) is 1.13. The first-order valence-electron chi connectivity index (χ1n) is 3.19. The maximum Gasteiger partial charge on any atom is 0.421 e. The van der Waals surface area contributed by atoms with Crippen molar-refractivity contribution < 1.29 is 17.9 Å². The standard InChI is InChI=1S/C6H10N2O4S/c1-4-5-8(2)13(10,11)7-6(9)12-3/h1H,5H2,2-3H3,(H,7,9). The molecule has 0 aliphatic rings. The van der Waals surface area contributed by atoms with Crippen molar-refractivity contribution in [2.75, 3.05) is 20.7 Å². The average Bonchev–Trinajstić information content (AvgIpc) is 2.04. The van der Waals surface area contributed by atoms with E-state index in [1.807, 2.05) is 0 Å². The predicted molar refractivity (Wildman–Crippen MR) is 45.9 cm³/mol. The molecule has 0 rings (SSSR count). The molecule has 0 unspecified atom stereocenters. The van der Waals surface area contributed by atoms with E-state index in [-0.39, 0.29) is 6.54 Å². The van der Waals surface area contributed by atoms with Crippen LogP contribution in [0.25, 0.3) is 0 Å². The van der Waals surface area contributed by atoms with Crippen LogP contribution in [-0.4, -0.2) is 39.5 Å². The molecule has 0 atom stereocenters. The SMILES string of the molecule is C#CCN(C)S(=O)(=O)NC(=O)OC. The van der Waals surface area contributed by atoms with Gasteiger partial charge in [0.2, 0.25) is 0 Å². The summed E-state index contributed by atoms with van der Waals surface area (Å²) in [5.74, 6) is 2.12. The molecule has 0 aromatic rings. The molecule has 0 heterocycles. The molecule has 1 amide bonds. The Morgan fingerprint density at radius 3 is 2.62 bits per heavy atom. The Labute approximate surface area is 77.0 Å². The minimum atomic E-state index is -3.87. The van der Waals surface area contributed by atoms with Crippen molar-refractivity contribution in [2.24, 2.45) is 0 Å². The molecule has 1 N–H and O–H groups in total. The van der Waals surface area contributed by atoms with Crippen LogP contribution in [0.5, 0.6) is 0 Å². The van der Waals surface area contributed by atoms with Crippen LogP contribution in [0.4, 0.5) is 4.79 Å². The lowest BCUT2D eigenvalue weighted by Gasteiger charge is -2.13. The largest absolute Gasteiger partial charge is 0.452 e. The van der Waals surface area contributed by atoms with E-state index in [2.05, 4.69) is 10.7 Å². The number of rotatable bonds is 3. The first kappa shape index (κ1) is 11.7. The van der Waals surface area contributed by atoms with E-state index in [4.69, 9.17) is 6.42 Å². The number of carbonyl (C=O) groups excluding carboxylic acids is 1. The lowest BCUT2D eigenvalue weighted by molar-refractivity contribution is 0.177. The van der Waals surface area contributed by atoms with Crippen molar-refractivity contribution in [1.82, 2.24) is 9.03 Å². The Balaban J connectivity index is 4.42. The molecule has 7 heteroatoms. The summed E-state index contributed by atoms with van der Waals surface area (Å²) in [4.78, 5) is 10.5. The molecule has 74 valence electrons. The fraction of sp³-hybridized carbons (Fsp3) is 0.500. The molecule has 0 fully saturated rings. The zero-order valence-electron chi connectivity index (χ0n) is 7.27. The smallest absolute Gasteiger partial charge is 0.421 e.